The molecule has 0 aliphatic carbocycles. The molecule has 0 atom stereocenters. The van der Waals surface area contributed by atoms with Gasteiger partial charge in [-0.3, -0.25) is 10.8 Å². The number of aromatic nitrogens is 4. The molecule has 0 radical (unpaired) electrons. The molecule has 0 aromatic carbocycles. The standard InChI is InChI=1S/C13H18N8OS2/c14-10(15)8-6-19-9(7-18-8)22-4-2-1-3-5-23-13-21-20-12(24-13)11(16)17/h6-7H,1-5H2,(H3,14,15)(H3,16,17). The van der Waals surface area contributed by atoms with E-state index >= 15 is 0 Å². The SMILES string of the molecule is N=C(N)c1cnc(OCCCCCSc2nnc(C(=N)N)s2)cn1. The highest BCUT2D eigenvalue weighted by Crippen LogP contribution is 2.23. The molecule has 2 rings (SSSR count). The largest absolute Gasteiger partial charge is 0.477 e. The van der Waals surface area contributed by atoms with Crippen molar-refractivity contribution in [2.45, 2.75) is 23.6 Å². The van der Waals surface area contributed by atoms with Gasteiger partial charge in [0.1, 0.15) is 11.5 Å². The maximum Gasteiger partial charge on any atom is 0.232 e. The fourth-order valence-electron chi connectivity index (χ4n) is 1.62. The van der Waals surface area contributed by atoms with E-state index in [1.54, 1.807) is 11.8 Å². The van der Waals surface area contributed by atoms with E-state index in [1.807, 2.05) is 0 Å². The van der Waals surface area contributed by atoms with Crippen LogP contribution in [0.25, 0.3) is 0 Å². The second kappa shape index (κ2) is 9.13. The van der Waals surface area contributed by atoms with Crippen LogP contribution in [0.5, 0.6) is 5.88 Å². The molecule has 24 heavy (non-hydrogen) atoms. The fraction of sp³-hybridized carbons (Fsp3) is 0.385. The zero-order valence-electron chi connectivity index (χ0n) is 12.9. The van der Waals surface area contributed by atoms with Crippen LogP contribution in [0.15, 0.2) is 16.7 Å². The first kappa shape index (κ1) is 18.1. The third-order valence-corrected chi connectivity index (χ3v) is 4.98. The fourth-order valence-corrected chi connectivity index (χ4v) is 3.41. The topological polar surface area (TPSA) is 161 Å². The molecule has 0 spiro atoms. The number of amidine groups is 2. The van der Waals surface area contributed by atoms with E-state index in [1.165, 1.54) is 23.7 Å². The molecule has 2 heterocycles. The third kappa shape index (κ3) is 5.74. The van der Waals surface area contributed by atoms with E-state index in [4.69, 9.17) is 27.0 Å². The average Bonchev–Trinajstić information content (AvgIpc) is 3.03. The Bertz CT molecular complexity index is 688. The van der Waals surface area contributed by atoms with Crippen molar-refractivity contribution in [1.29, 1.82) is 10.8 Å². The molecule has 0 unspecified atom stereocenters. The van der Waals surface area contributed by atoms with Crippen molar-refractivity contribution in [3.63, 3.8) is 0 Å². The Morgan fingerprint density at radius 1 is 1.08 bits per heavy atom. The highest BCUT2D eigenvalue weighted by Gasteiger charge is 2.06. The second-order valence-electron chi connectivity index (χ2n) is 4.70. The summed E-state index contributed by atoms with van der Waals surface area (Å²) in [5.41, 5.74) is 11.0. The lowest BCUT2D eigenvalue weighted by Crippen LogP contribution is -2.13. The Balaban J connectivity index is 1.56. The lowest BCUT2D eigenvalue weighted by Gasteiger charge is -2.05. The number of hydrogen-bond donors (Lipinski definition) is 4. The van der Waals surface area contributed by atoms with Gasteiger partial charge in [-0.2, -0.15) is 0 Å². The first-order chi connectivity index (χ1) is 11.6. The highest BCUT2D eigenvalue weighted by molar-refractivity contribution is 8.01. The number of nitrogens with zero attached hydrogens (tertiary/aromatic N) is 4. The molecule has 9 nitrogen and oxygen atoms in total. The summed E-state index contributed by atoms with van der Waals surface area (Å²) in [6, 6.07) is 0. The Kier molecular flexibility index (Phi) is 6.88. The summed E-state index contributed by atoms with van der Waals surface area (Å²) in [7, 11) is 0. The summed E-state index contributed by atoms with van der Waals surface area (Å²) in [4.78, 5) is 8.02. The minimum atomic E-state index is -0.114. The normalized spacial score (nSPS) is 10.5. The monoisotopic (exact) mass is 366 g/mol. The molecule has 0 aliphatic heterocycles. The molecule has 11 heteroatoms. The van der Waals surface area contributed by atoms with Gasteiger partial charge in [-0.05, 0) is 19.3 Å². The molecule has 6 N–H and O–H groups in total. The van der Waals surface area contributed by atoms with E-state index in [9.17, 15) is 0 Å². The molecular weight excluding hydrogens is 348 g/mol. The van der Waals surface area contributed by atoms with Gasteiger partial charge >= 0.3 is 0 Å². The second-order valence-corrected chi connectivity index (χ2v) is 7.02. The summed E-state index contributed by atoms with van der Waals surface area (Å²) in [6.45, 7) is 0.562. The molecule has 0 bridgehead atoms. The molecule has 2 aromatic heterocycles. The van der Waals surface area contributed by atoms with Crippen molar-refractivity contribution >= 4 is 34.8 Å². The zero-order chi connectivity index (χ0) is 17.4. The van der Waals surface area contributed by atoms with Crippen molar-refractivity contribution in [3.8, 4) is 5.88 Å². The predicted molar refractivity (Wildman–Crippen MR) is 94.0 cm³/mol. The van der Waals surface area contributed by atoms with Crippen molar-refractivity contribution in [2.24, 2.45) is 11.5 Å². The van der Waals surface area contributed by atoms with E-state index in [0.29, 0.717) is 23.2 Å². The summed E-state index contributed by atoms with van der Waals surface area (Å²) in [6.07, 6.45) is 5.84. The van der Waals surface area contributed by atoms with Gasteiger partial charge in [0.2, 0.25) is 5.88 Å². The van der Waals surface area contributed by atoms with Gasteiger partial charge in [-0.25, -0.2) is 9.97 Å². The molecule has 128 valence electrons. The minimum absolute atomic E-state index is 0.0454. The highest BCUT2D eigenvalue weighted by atomic mass is 32.2. The van der Waals surface area contributed by atoms with Gasteiger partial charge in [0.25, 0.3) is 0 Å². The van der Waals surface area contributed by atoms with Crippen LogP contribution in [-0.4, -0.2) is 44.2 Å². The Labute approximate surface area is 147 Å². The van der Waals surface area contributed by atoms with Gasteiger partial charge < -0.3 is 16.2 Å². The average molecular weight is 366 g/mol. The number of nitrogen functional groups attached to an aromatic ring is 2. The lowest BCUT2D eigenvalue weighted by molar-refractivity contribution is 0.293. The summed E-state index contributed by atoms with van der Waals surface area (Å²) in [5.74, 6) is 1.20. The molecule has 2 aromatic rings. The van der Waals surface area contributed by atoms with Crippen molar-refractivity contribution in [3.05, 3.63) is 23.1 Å². The summed E-state index contributed by atoms with van der Waals surface area (Å²) >= 11 is 2.95. The van der Waals surface area contributed by atoms with Gasteiger partial charge in [-0.15, -0.1) is 10.2 Å². The summed E-state index contributed by atoms with van der Waals surface area (Å²) < 4.78 is 6.32. The zero-order valence-corrected chi connectivity index (χ0v) is 14.5. The maximum absolute atomic E-state index is 7.28. The maximum atomic E-state index is 7.28. The van der Waals surface area contributed by atoms with Crippen molar-refractivity contribution < 1.29 is 4.74 Å². The van der Waals surface area contributed by atoms with Crippen LogP contribution in [0.1, 0.15) is 30.0 Å². The van der Waals surface area contributed by atoms with Gasteiger partial charge in [-0.1, -0.05) is 23.1 Å². The molecule has 0 amide bonds. The summed E-state index contributed by atoms with van der Waals surface area (Å²) in [5, 5.41) is 22.8. The number of ether oxygens (including phenoxy) is 1. The van der Waals surface area contributed by atoms with Crippen molar-refractivity contribution in [1.82, 2.24) is 20.2 Å². The van der Waals surface area contributed by atoms with E-state index < -0.39 is 0 Å². The van der Waals surface area contributed by atoms with Crippen molar-refractivity contribution in [2.75, 3.05) is 12.4 Å². The van der Waals surface area contributed by atoms with Gasteiger partial charge in [0, 0.05) is 5.75 Å². The quantitative estimate of drug-likeness (QED) is 0.211. The molecular formula is C13H18N8OS2. The van der Waals surface area contributed by atoms with Crippen LogP contribution in [0.3, 0.4) is 0 Å². The first-order valence-electron chi connectivity index (χ1n) is 7.16. The Hall–Kier alpha value is -2.27. The van der Waals surface area contributed by atoms with Crippen LogP contribution in [0, 0.1) is 10.8 Å². The minimum Gasteiger partial charge on any atom is -0.477 e. The Morgan fingerprint density at radius 3 is 2.54 bits per heavy atom. The Morgan fingerprint density at radius 2 is 1.92 bits per heavy atom. The van der Waals surface area contributed by atoms with Crippen LogP contribution in [-0.2, 0) is 0 Å². The molecule has 0 fully saturated rings. The van der Waals surface area contributed by atoms with E-state index in [0.717, 1.165) is 29.4 Å². The van der Waals surface area contributed by atoms with E-state index in [-0.39, 0.29) is 11.7 Å². The first-order valence-corrected chi connectivity index (χ1v) is 8.96. The number of nitrogens with one attached hydrogen (secondary N) is 2. The predicted octanol–water partition coefficient (Wildman–Crippen LogP) is 1.24. The molecule has 0 saturated heterocycles. The van der Waals surface area contributed by atoms with Gasteiger partial charge in [0.05, 0.1) is 19.0 Å². The van der Waals surface area contributed by atoms with E-state index in [2.05, 4.69) is 20.2 Å². The van der Waals surface area contributed by atoms with Crippen LogP contribution in [0.2, 0.25) is 0 Å². The smallest absolute Gasteiger partial charge is 0.232 e. The number of hydrogen-bond acceptors (Lipinski definition) is 9. The van der Waals surface area contributed by atoms with Crippen LogP contribution >= 0.6 is 23.1 Å². The number of nitrogens with two attached hydrogens (primary N) is 2. The van der Waals surface area contributed by atoms with Crippen LogP contribution in [0.4, 0.5) is 0 Å². The molecule has 0 saturated carbocycles. The third-order valence-electron chi connectivity index (χ3n) is 2.81. The van der Waals surface area contributed by atoms with Gasteiger partial charge in [0.15, 0.2) is 15.2 Å². The number of unbranched alkanes of at least 4 members (excludes halogenated alkanes) is 2. The lowest BCUT2D eigenvalue weighted by atomic mass is 10.3. The number of rotatable bonds is 10. The number of thioether (sulfide) groups is 1. The van der Waals surface area contributed by atoms with Crippen LogP contribution < -0.4 is 16.2 Å². The molecule has 0 aliphatic rings.